The third-order valence-electron chi connectivity index (χ3n) is 12.0. The van der Waals surface area contributed by atoms with E-state index in [0.29, 0.717) is 28.3 Å². The summed E-state index contributed by atoms with van der Waals surface area (Å²) >= 11 is 0. The van der Waals surface area contributed by atoms with E-state index >= 15 is 0 Å². The molecule has 5 saturated carbocycles. The van der Waals surface area contributed by atoms with Crippen LogP contribution in [0, 0.1) is 58.7 Å². The van der Waals surface area contributed by atoms with Crippen LogP contribution in [0.4, 0.5) is 0 Å². The summed E-state index contributed by atoms with van der Waals surface area (Å²) in [4.78, 5) is 4.46. The predicted octanol–water partition coefficient (Wildman–Crippen LogP) is 6.69. The molecule has 0 aliphatic heterocycles. The van der Waals surface area contributed by atoms with Gasteiger partial charge in [0.2, 0.25) is 5.88 Å². The number of hydrogen-bond acceptors (Lipinski definition) is 3. The predicted molar refractivity (Wildman–Crippen MR) is 127 cm³/mol. The number of methoxy groups -OCH3 is 1. The minimum Gasteiger partial charge on any atom is -0.477 e. The minimum atomic E-state index is 0.462. The summed E-state index contributed by atoms with van der Waals surface area (Å²) in [6, 6.07) is 4.08. The molecular weight excluding hydrogens is 394 g/mol. The molecule has 6 rings (SSSR count). The number of hydrogen-bond donors (Lipinski definition) is 0. The Morgan fingerprint density at radius 1 is 1.12 bits per heavy atom. The van der Waals surface area contributed by atoms with E-state index in [1.165, 1.54) is 51.4 Å². The van der Waals surface area contributed by atoms with Gasteiger partial charge in [0.05, 0.1) is 12.7 Å². The Hall–Kier alpha value is -1.09. The van der Waals surface area contributed by atoms with Gasteiger partial charge in [-0.2, -0.15) is 0 Å². The van der Waals surface area contributed by atoms with Gasteiger partial charge >= 0.3 is 0 Å². The van der Waals surface area contributed by atoms with Crippen LogP contribution in [-0.4, -0.2) is 24.8 Å². The molecule has 1 spiro atoms. The normalized spacial score (nSPS) is 49.5. The van der Waals surface area contributed by atoms with Crippen molar-refractivity contribution in [2.45, 2.75) is 85.2 Å². The maximum Gasteiger partial charge on any atom is 0.216 e. The summed E-state index contributed by atoms with van der Waals surface area (Å²) in [5.74, 6) is 5.79. The maximum absolute atomic E-state index is 6.29. The second-order valence-electron chi connectivity index (χ2n) is 12.9. The van der Waals surface area contributed by atoms with Crippen molar-refractivity contribution in [3.05, 3.63) is 23.9 Å². The van der Waals surface area contributed by atoms with E-state index in [1.54, 1.807) is 0 Å². The lowest BCUT2D eigenvalue weighted by molar-refractivity contribution is -0.161. The topological polar surface area (TPSA) is 31.4 Å². The van der Waals surface area contributed by atoms with E-state index in [-0.39, 0.29) is 0 Å². The fourth-order valence-electron chi connectivity index (χ4n) is 10.5. The molecule has 5 fully saturated rings. The van der Waals surface area contributed by atoms with Crippen molar-refractivity contribution in [1.82, 2.24) is 4.98 Å². The van der Waals surface area contributed by atoms with Crippen LogP contribution < -0.4 is 4.74 Å². The van der Waals surface area contributed by atoms with Crippen LogP contribution in [0.3, 0.4) is 0 Å². The quantitative estimate of drug-likeness (QED) is 0.514. The van der Waals surface area contributed by atoms with E-state index in [1.807, 2.05) is 19.4 Å². The number of aryl methyl sites for hydroxylation is 1. The lowest BCUT2D eigenvalue weighted by Gasteiger charge is -2.61. The Labute approximate surface area is 195 Å². The van der Waals surface area contributed by atoms with Crippen molar-refractivity contribution in [3.8, 4) is 5.88 Å². The first-order valence-corrected chi connectivity index (χ1v) is 13.4. The number of pyridine rings is 1. The van der Waals surface area contributed by atoms with Crippen molar-refractivity contribution in [1.29, 1.82) is 0 Å². The van der Waals surface area contributed by atoms with Gasteiger partial charge in [0.25, 0.3) is 0 Å². The molecule has 5 aliphatic rings. The molecule has 1 heterocycles. The SMILES string of the molecule is COC1C[C@H]2[C@@H]3CC[C@H]([C@H](C)COc4ncccc4C)[C@@]3(C)CC[C@@H]2[C@@]2(C)CC[C@@H]3CC132. The molecule has 1 aromatic rings. The van der Waals surface area contributed by atoms with Gasteiger partial charge in [-0.1, -0.05) is 26.8 Å². The molecule has 0 N–H and O–H groups in total. The fraction of sp³-hybridized carbons (Fsp3) is 0.828. The highest BCUT2D eigenvalue weighted by Gasteiger charge is 2.77. The van der Waals surface area contributed by atoms with Crippen molar-refractivity contribution in [2.75, 3.05) is 13.7 Å². The average molecular weight is 438 g/mol. The summed E-state index contributed by atoms with van der Waals surface area (Å²) in [6.07, 6.45) is 13.7. The molecule has 0 amide bonds. The van der Waals surface area contributed by atoms with Gasteiger partial charge < -0.3 is 9.47 Å². The number of aromatic nitrogens is 1. The van der Waals surface area contributed by atoms with E-state index in [0.717, 1.165) is 47.6 Å². The Balaban J connectivity index is 1.21. The molecule has 0 bridgehead atoms. The van der Waals surface area contributed by atoms with Crippen molar-refractivity contribution < 1.29 is 9.47 Å². The zero-order valence-corrected chi connectivity index (χ0v) is 20.9. The lowest BCUT2D eigenvalue weighted by Crippen LogP contribution is -2.57. The molecule has 2 unspecified atom stereocenters. The van der Waals surface area contributed by atoms with Crippen LogP contribution in [0.2, 0.25) is 0 Å². The first kappa shape index (κ1) is 21.4. The minimum absolute atomic E-state index is 0.462. The Kier molecular flexibility index (Phi) is 4.83. The summed E-state index contributed by atoms with van der Waals surface area (Å²) in [6.45, 7) is 10.7. The van der Waals surface area contributed by atoms with Crippen LogP contribution in [0.25, 0.3) is 0 Å². The summed E-state index contributed by atoms with van der Waals surface area (Å²) in [7, 11) is 2.01. The van der Waals surface area contributed by atoms with E-state index < -0.39 is 0 Å². The molecular formula is C29H43NO2. The second-order valence-corrected chi connectivity index (χ2v) is 12.9. The monoisotopic (exact) mass is 437 g/mol. The molecule has 0 radical (unpaired) electrons. The molecule has 10 atom stereocenters. The third kappa shape index (κ3) is 2.67. The summed E-state index contributed by atoms with van der Waals surface area (Å²) in [5.41, 5.74) is 2.67. The zero-order chi connectivity index (χ0) is 22.3. The van der Waals surface area contributed by atoms with Gasteiger partial charge in [-0.15, -0.1) is 0 Å². The first-order valence-electron chi connectivity index (χ1n) is 13.4. The van der Waals surface area contributed by atoms with Gasteiger partial charge in [0.1, 0.15) is 0 Å². The smallest absolute Gasteiger partial charge is 0.216 e. The largest absolute Gasteiger partial charge is 0.477 e. The molecule has 1 aromatic heterocycles. The first-order chi connectivity index (χ1) is 15.3. The standard InChI is InChI=1S/C29H43NO2/c1-18-7-6-14-30-26(18)32-17-19(2)22-8-9-23-21-15-25(31-5)29-16-20(29)10-13-28(29,4)24(21)11-12-27(22,23)3/h6-7,14,19-25H,8-13,15-17H2,1-5H3/t19-,20-,21+,22-,23+,24+,25?,27-,28-,29?/m1/s1. The number of rotatable bonds is 5. The summed E-state index contributed by atoms with van der Waals surface area (Å²) in [5, 5.41) is 0. The molecule has 0 saturated heterocycles. The van der Waals surface area contributed by atoms with Gasteiger partial charge in [0, 0.05) is 24.3 Å². The Morgan fingerprint density at radius 2 is 1.97 bits per heavy atom. The van der Waals surface area contributed by atoms with Crippen molar-refractivity contribution in [3.63, 3.8) is 0 Å². The molecule has 3 nitrogen and oxygen atoms in total. The number of ether oxygens (including phenoxy) is 2. The van der Waals surface area contributed by atoms with Gasteiger partial charge in [-0.3, -0.25) is 0 Å². The van der Waals surface area contributed by atoms with Crippen molar-refractivity contribution in [2.24, 2.45) is 51.8 Å². The van der Waals surface area contributed by atoms with Gasteiger partial charge in [-0.25, -0.2) is 4.98 Å². The Morgan fingerprint density at radius 3 is 2.72 bits per heavy atom. The highest BCUT2D eigenvalue weighted by molar-refractivity contribution is 5.26. The van der Waals surface area contributed by atoms with Crippen LogP contribution in [0.15, 0.2) is 18.3 Å². The second kappa shape index (κ2) is 7.20. The molecule has 176 valence electrons. The molecule has 5 aliphatic carbocycles. The Bertz CT molecular complexity index is 886. The van der Waals surface area contributed by atoms with E-state index in [4.69, 9.17) is 9.47 Å². The van der Waals surface area contributed by atoms with E-state index in [9.17, 15) is 0 Å². The zero-order valence-electron chi connectivity index (χ0n) is 20.9. The molecule has 0 aromatic carbocycles. The third-order valence-corrected chi connectivity index (χ3v) is 12.0. The van der Waals surface area contributed by atoms with Gasteiger partial charge in [-0.05, 0) is 111 Å². The van der Waals surface area contributed by atoms with Crippen LogP contribution in [0.5, 0.6) is 5.88 Å². The maximum atomic E-state index is 6.29. The highest BCUT2D eigenvalue weighted by Crippen LogP contribution is 2.82. The highest BCUT2D eigenvalue weighted by atomic mass is 16.5. The molecule has 3 heteroatoms. The van der Waals surface area contributed by atoms with Crippen LogP contribution in [-0.2, 0) is 4.74 Å². The number of nitrogens with zero attached hydrogens (tertiary/aromatic N) is 1. The lowest BCUT2D eigenvalue weighted by atomic mass is 9.45. The fourth-order valence-corrected chi connectivity index (χ4v) is 10.5. The van der Waals surface area contributed by atoms with Crippen LogP contribution >= 0.6 is 0 Å². The van der Waals surface area contributed by atoms with Crippen LogP contribution in [0.1, 0.15) is 77.7 Å². The number of fused-ring (bicyclic) bond motifs is 4. The van der Waals surface area contributed by atoms with Crippen molar-refractivity contribution >= 4 is 0 Å². The average Bonchev–Trinajstić information content (AvgIpc) is 3.29. The summed E-state index contributed by atoms with van der Waals surface area (Å²) < 4.78 is 12.5. The van der Waals surface area contributed by atoms with Gasteiger partial charge in [0.15, 0.2) is 0 Å². The van der Waals surface area contributed by atoms with E-state index in [2.05, 4.69) is 38.7 Å². The molecule has 32 heavy (non-hydrogen) atoms.